The normalized spacial score (nSPS) is 10.4. The van der Waals surface area contributed by atoms with Crippen molar-refractivity contribution in [3.05, 3.63) is 83.9 Å². The molecule has 3 rings (SSSR count). The maximum absolute atomic E-state index is 12.4. The van der Waals surface area contributed by atoms with Gasteiger partial charge in [-0.05, 0) is 25.1 Å². The molecule has 5 nitrogen and oxygen atoms in total. The zero-order valence-corrected chi connectivity index (χ0v) is 13.3. The lowest BCUT2D eigenvalue weighted by Gasteiger charge is -2.10. The lowest BCUT2D eigenvalue weighted by Crippen LogP contribution is -2.26. The molecule has 0 radical (unpaired) electrons. The van der Waals surface area contributed by atoms with Crippen LogP contribution in [0.2, 0.25) is 0 Å². The molecule has 3 aromatic rings. The molecule has 1 aromatic heterocycles. The highest BCUT2D eigenvalue weighted by Crippen LogP contribution is 2.12. The highest BCUT2D eigenvalue weighted by Gasteiger charge is 2.14. The van der Waals surface area contributed by atoms with Gasteiger partial charge in [0.05, 0.1) is 12.1 Å². The molecule has 0 fully saturated rings. The van der Waals surface area contributed by atoms with Gasteiger partial charge >= 0.3 is 0 Å². The number of rotatable bonds is 5. The van der Waals surface area contributed by atoms with E-state index in [2.05, 4.69) is 10.3 Å². The van der Waals surface area contributed by atoms with Gasteiger partial charge in [-0.1, -0.05) is 36.4 Å². The zero-order chi connectivity index (χ0) is 16.9. The third kappa shape index (κ3) is 3.25. The van der Waals surface area contributed by atoms with Crippen LogP contribution in [0.3, 0.4) is 0 Å². The Hall–Kier alpha value is -3.21. The first-order valence-electron chi connectivity index (χ1n) is 7.62. The number of amides is 1. The summed E-state index contributed by atoms with van der Waals surface area (Å²) in [5.41, 5.74) is 1.77. The van der Waals surface area contributed by atoms with Crippen molar-refractivity contribution in [2.45, 2.75) is 13.5 Å². The predicted octanol–water partition coefficient (Wildman–Crippen LogP) is 3.00. The largest absolute Gasteiger partial charge is 0.345 e. The summed E-state index contributed by atoms with van der Waals surface area (Å²) < 4.78 is 1.91. The molecule has 1 N–H and O–H groups in total. The lowest BCUT2D eigenvalue weighted by atomic mass is 10.0. The number of nitrogens with one attached hydrogen (secondary N) is 1. The highest BCUT2D eigenvalue weighted by atomic mass is 16.2. The SMILES string of the molecule is CC(=O)c1ccccc1C(=O)NCc1nccn1-c1ccccc1. The molecule has 0 aliphatic carbocycles. The van der Waals surface area contributed by atoms with Crippen LogP contribution in [0.25, 0.3) is 5.69 Å². The van der Waals surface area contributed by atoms with Crippen molar-refractivity contribution >= 4 is 11.7 Å². The Bertz CT molecular complexity index is 869. The minimum Gasteiger partial charge on any atom is -0.345 e. The van der Waals surface area contributed by atoms with Gasteiger partial charge in [0.25, 0.3) is 5.91 Å². The van der Waals surface area contributed by atoms with Crippen molar-refractivity contribution in [3.8, 4) is 5.69 Å². The molecule has 0 spiro atoms. The van der Waals surface area contributed by atoms with E-state index >= 15 is 0 Å². The Labute approximate surface area is 140 Å². The second-order valence-electron chi connectivity index (χ2n) is 5.33. The van der Waals surface area contributed by atoms with Crippen LogP contribution in [0.4, 0.5) is 0 Å². The third-order valence-corrected chi connectivity index (χ3v) is 3.71. The van der Waals surface area contributed by atoms with Gasteiger partial charge in [0, 0.05) is 23.6 Å². The van der Waals surface area contributed by atoms with E-state index < -0.39 is 0 Å². The molecule has 2 aromatic carbocycles. The first-order chi connectivity index (χ1) is 11.7. The van der Waals surface area contributed by atoms with E-state index in [4.69, 9.17) is 0 Å². The molecule has 5 heteroatoms. The van der Waals surface area contributed by atoms with E-state index in [1.54, 1.807) is 30.5 Å². The van der Waals surface area contributed by atoms with Gasteiger partial charge in [0.1, 0.15) is 5.82 Å². The van der Waals surface area contributed by atoms with Crippen LogP contribution in [0.15, 0.2) is 67.0 Å². The molecule has 0 atom stereocenters. The first-order valence-corrected chi connectivity index (χ1v) is 7.62. The van der Waals surface area contributed by atoms with Crippen LogP contribution < -0.4 is 5.32 Å². The Balaban J connectivity index is 1.77. The van der Waals surface area contributed by atoms with E-state index in [9.17, 15) is 9.59 Å². The van der Waals surface area contributed by atoms with Crippen LogP contribution >= 0.6 is 0 Å². The molecule has 0 saturated carbocycles. The summed E-state index contributed by atoms with van der Waals surface area (Å²) in [7, 11) is 0. The van der Waals surface area contributed by atoms with Crippen molar-refractivity contribution in [2.75, 3.05) is 0 Å². The molecule has 0 saturated heterocycles. The molecular weight excluding hydrogens is 302 g/mol. The van der Waals surface area contributed by atoms with Gasteiger partial charge in [-0.25, -0.2) is 4.98 Å². The second-order valence-corrected chi connectivity index (χ2v) is 5.33. The van der Waals surface area contributed by atoms with Gasteiger partial charge in [0.2, 0.25) is 0 Å². The average molecular weight is 319 g/mol. The number of nitrogens with zero attached hydrogens (tertiary/aromatic N) is 2. The number of hydrogen-bond acceptors (Lipinski definition) is 3. The number of imidazole rings is 1. The predicted molar refractivity (Wildman–Crippen MR) is 91.2 cm³/mol. The molecule has 1 heterocycles. The summed E-state index contributed by atoms with van der Waals surface area (Å²) in [5.74, 6) is 0.296. The van der Waals surface area contributed by atoms with Crippen LogP contribution in [0.5, 0.6) is 0 Å². The Morgan fingerprint density at radius 1 is 1.00 bits per heavy atom. The standard InChI is InChI=1S/C19H17N3O2/c1-14(23)16-9-5-6-10-17(16)19(24)21-13-18-20-11-12-22(18)15-7-3-2-4-8-15/h2-12H,13H2,1H3,(H,21,24). The van der Waals surface area contributed by atoms with E-state index in [1.807, 2.05) is 41.1 Å². The monoisotopic (exact) mass is 319 g/mol. The average Bonchev–Trinajstić information content (AvgIpc) is 3.09. The van der Waals surface area contributed by atoms with Gasteiger partial charge in [-0.15, -0.1) is 0 Å². The van der Waals surface area contributed by atoms with Crippen molar-refractivity contribution < 1.29 is 9.59 Å². The summed E-state index contributed by atoms with van der Waals surface area (Å²) >= 11 is 0. The number of aromatic nitrogens is 2. The lowest BCUT2D eigenvalue weighted by molar-refractivity contribution is 0.0935. The summed E-state index contributed by atoms with van der Waals surface area (Å²) in [5, 5.41) is 2.83. The Kier molecular flexibility index (Phi) is 4.52. The number of ketones is 1. The fourth-order valence-electron chi connectivity index (χ4n) is 2.53. The van der Waals surface area contributed by atoms with E-state index in [0.717, 1.165) is 11.5 Å². The van der Waals surface area contributed by atoms with Crippen LogP contribution in [0, 0.1) is 0 Å². The third-order valence-electron chi connectivity index (χ3n) is 3.71. The molecule has 0 aliphatic rings. The maximum atomic E-state index is 12.4. The molecule has 0 aliphatic heterocycles. The quantitative estimate of drug-likeness (QED) is 0.735. The molecule has 0 bridgehead atoms. The minimum atomic E-state index is -0.289. The Morgan fingerprint density at radius 3 is 2.38 bits per heavy atom. The fourth-order valence-corrected chi connectivity index (χ4v) is 2.53. The molecular formula is C19H17N3O2. The maximum Gasteiger partial charge on any atom is 0.252 e. The number of carbonyl (C=O) groups is 2. The number of Topliss-reactive ketones (excluding diaryl/α,β-unsaturated/α-hetero) is 1. The molecule has 1 amide bonds. The fraction of sp³-hybridized carbons (Fsp3) is 0.105. The van der Waals surface area contributed by atoms with Gasteiger partial charge in [-0.3, -0.25) is 9.59 Å². The minimum absolute atomic E-state index is 0.133. The van der Waals surface area contributed by atoms with E-state index in [1.165, 1.54) is 6.92 Å². The van der Waals surface area contributed by atoms with Gasteiger partial charge in [0.15, 0.2) is 5.78 Å². The van der Waals surface area contributed by atoms with Crippen molar-refractivity contribution in [1.29, 1.82) is 0 Å². The first kappa shape index (κ1) is 15.7. The molecule has 24 heavy (non-hydrogen) atoms. The van der Waals surface area contributed by atoms with E-state index in [0.29, 0.717) is 11.1 Å². The number of carbonyl (C=O) groups excluding carboxylic acids is 2. The zero-order valence-electron chi connectivity index (χ0n) is 13.3. The van der Waals surface area contributed by atoms with Crippen LogP contribution in [-0.2, 0) is 6.54 Å². The smallest absolute Gasteiger partial charge is 0.252 e. The van der Waals surface area contributed by atoms with Crippen molar-refractivity contribution in [1.82, 2.24) is 14.9 Å². The Morgan fingerprint density at radius 2 is 1.67 bits per heavy atom. The van der Waals surface area contributed by atoms with Crippen molar-refractivity contribution in [3.63, 3.8) is 0 Å². The summed E-state index contributed by atoms with van der Waals surface area (Å²) in [6, 6.07) is 16.6. The second kappa shape index (κ2) is 6.91. The highest BCUT2D eigenvalue weighted by molar-refractivity contribution is 6.07. The molecule has 120 valence electrons. The van der Waals surface area contributed by atoms with E-state index in [-0.39, 0.29) is 18.2 Å². The van der Waals surface area contributed by atoms with Gasteiger partial charge in [-0.2, -0.15) is 0 Å². The van der Waals surface area contributed by atoms with Crippen molar-refractivity contribution in [2.24, 2.45) is 0 Å². The summed E-state index contributed by atoms with van der Waals surface area (Å²) in [6.07, 6.45) is 3.54. The van der Waals surface area contributed by atoms with Crippen LogP contribution in [0.1, 0.15) is 33.5 Å². The summed E-state index contributed by atoms with van der Waals surface area (Å²) in [4.78, 5) is 28.4. The number of para-hydroxylation sites is 1. The molecule has 0 unspecified atom stereocenters. The summed E-state index contributed by atoms with van der Waals surface area (Å²) in [6.45, 7) is 1.72. The number of hydrogen-bond donors (Lipinski definition) is 1. The number of benzene rings is 2. The van der Waals surface area contributed by atoms with Gasteiger partial charge < -0.3 is 9.88 Å². The topological polar surface area (TPSA) is 64.0 Å². The van der Waals surface area contributed by atoms with Crippen LogP contribution in [-0.4, -0.2) is 21.2 Å².